The number of carbonyl (C=O) groups excluding carboxylic acids is 1. The van der Waals surface area contributed by atoms with Gasteiger partial charge in [0.25, 0.3) is 0 Å². The Hall–Kier alpha value is -0.610. The van der Waals surface area contributed by atoms with Crippen molar-refractivity contribution in [3.8, 4) is 0 Å². The molecule has 1 fully saturated rings. The van der Waals surface area contributed by atoms with E-state index in [4.69, 9.17) is 10.8 Å². The van der Waals surface area contributed by atoms with Gasteiger partial charge in [0.2, 0.25) is 5.91 Å². The molecule has 16 heavy (non-hydrogen) atoms. The van der Waals surface area contributed by atoms with Crippen molar-refractivity contribution >= 4 is 5.91 Å². The molecule has 0 aliphatic heterocycles. The number of carbonyl (C=O) groups is 1. The summed E-state index contributed by atoms with van der Waals surface area (Å²) in [5, 5.41) is 8.96. The number of unbranched alkanes of at least 4 members (excludes halogenated alkanes) is 1. The molecule has 0 aromatic carbocycles. The molecule has 3 N–H and O–H groups in total. The molecule has 2 atom stereocenters. The van der Waals surface area contributed by atoms with Crippen LogP contribution in [0, 0.1) is 5.92 Å². The Morgan fingerprint density at radius 3 is 2.69 bits per heavy atom. The van der Waals surface area contributed by atoms with E-state index in [0.29, 0.717) is 6.54 Å². The van der Waals surface area contributed by atoms with Gasteiger partial charge in [-0.1, -0.05) is 13.3 Å². The van der Waals surface area contributed by atoms with Crippen LogP contribution in [0.15, 0.2) is 0 Å². The van der Waals surface area contributed by atoms with Crippen molar-refractivity contribution < 1.29 is 9.90 Å². The van der Waals surface area contributed by atoms with Crippen molar-refractivity contribution in [3.05, 3.63) is 0 Å². The third kappa shape index (κ3) is 3.76. The maximum absolute atomic E-state index is 12.1. The van der Waals surface area contributed by atoms with Gasteiger partial charge in [-0.25, -0.2) is 0 Å². The van der Waals surface area contributed by atoms with E-state index in [0.717, 1.165) is 38.6 Å². The molecule has 4 heteroatoms. The van der Waals surface area contributed by atoms with Crippen LogP contribution >= 0.6 is 0 Å². The minimum Gasteiger partial charge on any atom is -0.395 e. The van der Waals surface area contributed by atoms with E-state index in [1.54, 1.807) is 4.90 Å². The molecule has 1 saturated carbocycles. The summed E-state index contributed by atoms with van der Waals surface area (Å²) in [5.74, 6) is 0.286. The predicted octanol–water partition coefficient (Wildman–Crippen LogP) is 0.735. The number of nitrogens with two attached hydrogens (primary N) is 1. The number of rotatable bonds is 6. The number of nitrogens with zero attached hydrogens (tertiary/aromatic N) is 1. The second-order valence-electron chi connectivity index (χ2n) is 4.67. The molecule has 2 unspecified atom stereocenters. The van der Waals surface area contributed by atoms with Crippen molar-refractivity contribution in [1.82, 2.24) is 4.90 Å². The van der Waals surface area contributed by atoms with E-state index in [1.807, 2.05) is 0 Å². The van der Waals surface area contributed by atoms with Crippen molar-refractivity contribution in [2.45, 2.75) is 45.1 Å². The van der Waals surface area contributed by atoms with Gasteiger partial charge in [-0.05, 0) is 25.7 Å². The molecule has 0 heterocycles. The first-order chi connectivity index (χ1) is 7.69. The van der Waals surface area contributed by atoms with E-state index in [1.165, 1.54) is 0 Å². The molecular weight excluding hydrogens is 204 g/mol. The molecule has 4 nitrogen and oxygen atoms in total. The molecule has 1 amide bonds. The van der Waals surface area contributed by atoms with Crippen LogP contribution < -0.4 is 5.73 Å². The van der Waals surface area contributed by atoms with Crippen LogP contribution in [-0.4, -0.2) is 41.7 Å². The largest absolute Gasteiger partial charge is 0.395 e. The number of aliphatic hydroxyl groups is 1. The van der Waals surface area contributed by atoms with Crippen molar-refractivity contribution in [3.63, 3.8) is 0 Å². The SMILES string of the molecule is CCCCN(CCO)C(=O)C1CCC(N)C1. The molecule has 0 bridgehead atoms. The zero-order valence-electron chi connectivity index (χ0n) is 10.2. The van der Waals surface area contributed by atoms with Gasteiger partial charge in [0.1, 0.15) is 0 Å². The summed E-state index contributed by atoms with van der Waals surface area (Å²) in [6, 6.07) is 0.191. The molecule has 94 valence electrons. The first-order valence-electron chi connectivity index (χ1n) is 6.34. The van der Waals surface area contributed by atoms with E-state index < -0.39 is 0 Å². The molecule has 1 aliphatic carbocycles. The van der Waals surface area contributed by atoms with Gasteiger partial charge in [-0.15, -0.1) is 0 Å². The Morgan fingerprint density at radius 2 is 2.19 bits per heavy atom. The minimum atomic E-state index is 0.0498. The van der Waals surface area contributed by atoms with E-state index >= 15 is 0 Å². The van der Waals surface area contributed by atoms with E-state index in [-0.39, 0.29) is 24.5 Å². The average molecular weight is 228 g/mol. The highest BCUT2D eigenvalue weighted by Crippen LogP contribution is 2.26. The molecule has 0 aromatic heterocycles. The van der Waals surface area contributed by atoms with Crippen LogP contribution in [0.25, 0.3) is 0 Å². The number of hydrogen-bond acceptors (Lipinski definition) is 3. The van der Waals surface area contributed by atoms with E-state index in [9.17, 15) is 4.79 Å². The minimum absolute atomic E-state index is 0.0498. The predicted molar refractivity (Wildman–Crippen MR) is 63.9 cm³/mol. The van der Waals surface area contributed by atoms with Gasteiger partial charge in [-0.2, -0.15) is 0 Å². The zero-order chi connectivity index (χ0) is 12.0. The molecular formula is C12H24N2O2. The lowest BCUT2D eigenvalue weighted by Crippen LogP contribution is -2.38. The lowest BCUT2D eigenvalue weighted by atomic mass is 10.1. The fourth-order valence-corrected chi connectivity index (χ4v) is 2.30. The van der Waals surface area contributed by atoms with Crippen LogP contribution in [0.1, 0.15) is 39.0 Å². The summed E-state index contributed by atoms with van der Waals surface area (Å²) in [5.41, 5.74) is 5.82. The maximum Gasteiger partial charge on any atom is 0.225 e. The summed E-state index contributed by atoms with van der Waals surface area (Å²) in [4.78, 5) is 13.9. The lowest BCUT2D eigenvalue weighted by Gasteiger charge is -2.24. The second-order valence-corrected chi connectivity index (χ2v) is 4.67. The Labute approximate surface area is 97.8 Å². The highest BCUT2D eigenvalue weighted by molar-refractivity contribution is 5.79. The highest BCUT2D eigenvalue weighted by atomic mass is 16.3. The Balaban J connectivity index is 2.45. The summed E-state index contributed by atoms with van der Waals surface area (Å²) in [7, 11) is 0. The van der Waals surface area contributed by atoms with Crippen molar-refractivity contribution in [2.75, 3.05) is 19.7 Å². The summed E-state index contributed by atoms with van der Waals surface area (Å²) < 4.78 is 0. The molecule has 0 saturated heterocycles. The third-order valence-electron chi connectivity index (χ3n) is 3.29. The van der Waals surface area contributed by atoms with Gasteiger partial charge in [-0.3, -0.25) is 4.79 Å². The zero-order valence-corrected chi connectivity index (χ0v) is 10.2. The van der Waals surface area contributed by atoms with Crippen LogP contribution in [0.5, 0.6) is 0 Å². The maximum atomic E-state index is 12.1. The smallest absolute Gasteiger partial charge is 0.225 e. The average Bonchev–Trinajstić information content (AvgIpc) is 2.70. The van der Waals surface area contributed by atoms with Crippen molar-refractivity contribution in [1.29, 1.82) is 0 Å². The standard InChI is InChI=1S/C12H24N2O2/c1-2-3-6-14(7-8-15)12(16)10-4-5-11(13)9-10/h10-11,15H,2-9,13H2,1H3. The van der Waals surface area contributed by atoms with Gasteiger partial charge < -0.3 is 15.7 Å². The lowest BCUT2D eigenvalue weighted by molar-refractivity contribution is -0.136. The molecule has 1 aliphatic rings. The fourth-order valence-electron chi connectivity index (χ4n) is 2.30. The monoisotopic (exact) mass is 228 g/mol. The van der Waals surface area contributed by atoms with Crippen LogP contribution in [0.3, 0.4) is 0 Å². The summed E-state index contributed by atoms with van der Waals surface area (Å²) in [6.45, 7) is 3.38. The molecule has 0 radical (unpaired) electrons. The summed E-state index contributed by atoms with van der Waals surface area (Å²) in [6.07, 6.45) is 4.75. The molecule has 1 rings (SSSR count). The van der Waals surface area contributed by atoms with Gasteiger partial charge >= 0.3 is 0 Å². The van der Waals surface area contributed by atoms with Gasteiger partial charge in [0.05, 0.1) is 6.61 Å². The highest BCUT2D eigenvalue weighted by Gasteiger charge is 2.30. The van der Waals surface area contributed by atoms with Crippen LogP contribution in [0.2, 0.25) is 0 Å². The number of amides is 1. The normalized spacial score (nSPS) is 24.7. The number of aliphatic hydroxyl groups excluding tert-OH is 1. The summed E-state index contributed by atoms with van der Waals surface area (Å²) >= 11 is 0. The first kappa shape index (κ1) is 13.5. The quantitative estimate of drug-likeness (QED) is 0.704. The second kappa shape index (κ2) is 6.86. The Kier molecular flexibility index (Phi) is 5.77. The first-order valence-corrected chi connectivity index (χ1v) is 6.34. The third-order valence-corrected chi connectivity index (χ3v) is 3.29. The fraction of sp³-hybridized carbons (Fsp3) is 0.917. The van der Waals surface area contributed by atoms with Gasteiger partial charge in [0, 0.05) is 25.0 Å². The Morgan fingerprint density at radius 1 is 1.44 bits per heavy atom. The molecule has 0 aromatic rings. The van der Waals surface area contributed by atoms with Crippen LogP contribution in [0.4, 0.5) is 0 Å². The Bertz CT molecular complexity index is 221. The number of hydrogen-bond donors (Lipinski definition) is 2. The van der Waals surface area contributed by atoms with Gasteiger partial charge in [0.15, 0.2) is 0 Å². The van der Waals surface area contributed by atoms with E-state index in [2.05, 4.69) is 6.92 Å². The molecule has 0 spiro atoms. The van der Waals surface area contributed by atoms with Crippen LogP contribution in [-0.2, 0) is 4.79 Å². The van der Waals surface area contributed by atoms with Crippen molar-refractivity contribution in [2.24, 2.45) is 11.7 Å². The topological polar surface area (TPSA) is 66.6 Å².